The van der Waals surface area contributed by atoms with Crippen molar-refractivity contribution in [2.75, 3.05) is 19.8 Å². The number of urea groups is 1. The Balaban J connectivity index is 1.75. The first-order valence-electron chi connectivity index (χ1n) is 11.0. The van der Waals surface area contributed by atoms with Crippen molar-refractivity contribution in [1.29, 1.82) is 0 Å². The summed E-state index contributed by atoms with van der Waals surface area (Å²) >= 11 is 0. The summed E-state index contributed by atoms with van der Waals surface area (Å²) in [5, 5.41) is 7.15. The van der Waals surface area contributed by atoms with Crippen molar-refractivity contribution in [3.05, 3.63) is 77.1 Å². The number of ether oxygens (including phenoxy) is 1. The molecule has 0 saturated heterocycles. The van der Waals surface area contributed by atoms with Crippen LogP contribution in [0, 0.1) is 12.7 Å². The Morgan fingerprint density at radius 1 is 1.18 bits per heavy atom. The third kappa shape index (κ3) is 4.96. The van der Waals surface area contributed by atoms with Gasteiger partial charge in [0, 0.05) is 31.0 Å². The van der Waals surface area contributed by atoms with Crippen LogP contribution in [0.2, 0.25) is 0 Å². The molecule has 1 aliphatic rings. The molecule has 0 radical (unpaired) electrons. The molecule has 0 fully saturated rings. The third-order valence-electron chi connectivity index (χ3n) is 5.59. The molecule has 0 saturated carbocycles. The number of carbonyl (C=O) groups excluding carboxylic acids is 1. The Labute approximate surface area is 192 Å². The smallest absolute Gasteiger partial charge is 0.322 e. The number of rotatable bonds is 8. The summed E-state index contributed by atoms with van der Waals surface area (Å²) in [7, 11) is 0. The number of aryl methyl sites for hydroxylation is 1. The number of carbonyl (C=O) groups is 1. The van der Waals surface area contributed by atoms with Gasteiger partial charge in [-0.05, 0) is 51.0 Å². The monoisotopic (exact) mass is 450 g/mol. The maximum absolute atomic E-state index is 14.0. The van der Waals surface area contributed by atoms with Gasteiger partial charge in [0.15, 0.2) is 0 Å². The number of amides is 2. The molecule has 2 amide bonds. The third-order valence-corrected chi connectivity index (χ3v) is 5.59. The standard InChI is InChI=1S/C25H27FN4O3/c1-4-32-13-7-12-30-17(3)21(22(27-25(30)31)18-9-6-11-20(26)15-18)24-28-23(29-33-24)19-10-5-8-16(2)14-19/h5-6,8-11,14-15,22H,4,7,12-13H2,1-3H3,(H,27,31). The summed E-state index contributed by atoms with van der Waals surface area (Å²) < 4.78 is 25.1. The van der Waals surface area contributed by atoms with Crippen molar-refractivity contribution in [2.45, 2.75) is 33.2 Å². The number of halogens is 1. The zero-order chi connectivity index (χ0) is 23.4. The highest BCUT2D eigenvalue weighted by Gasteiger charge is 2.35. The number of nitrogens with one attached hydrogen (secondary N) is 1. The second kappa shape index (κ2) is 9.95. The van der Waals surface area contributed by atoms with Crippen LogP contribution in [0.1, 0.15) is 43.3 Å². The fourth-order valence-electron chi connectivity index (χ4n) is 3.97. The molecule has 33 heavy (non-hydrogen) atoms. The van der Waals surface area contributed by atoms with Crippen LogP contribution in [-0.2, 0) is 4.74 Å². The topological polar surface area (TPSA) is 80.5 Å². The van der Waals surface area contributed by atoms with E-state index in [2.05, 4.69) is 15.5 Å². The Morgan fingerprint density at radius 3 is 2.76 bits per heavy atom. The maximum Gasteiger partial charge on any atom is 0.322 e. The predicted octanol–water partition coefficient (Wildman–Crippen LogP) is 5.11. The lowest BCUT2D eigenvalue weighted by atomic mass is 9.94. The first-order chi connectivity index (χ1) is 16.0. The van der Waals surface area contributed by atoms with E-state index in [1.54, 1.807) is 17.0 Å². The molecule has 1 aromatic heterocycles. The highest BCUT2D eigenvalue weighted by atomic mass is 19.1. The van der Waals surface area contributed by atoms with E-state index in [1.165, 1.54) is 12.1 Å². The second-order valence-electron chi connectivity index (χ2n) is 7.93. The molecule has 2 aromatic carbocycles. The molecule has 4 rings (SSSR count). The quantitative estimate of drug-likeness (QED) is 0.483. The van der Waals surface area contributed by atoms with Gasteiger partial charge < -0.3 is 14.6 Å². The molecule has 1 N–H and O–H groups in total. The SMILES string of the molecule is CCOCCCN1C(=O)NC(c2cccc(F)c2)C(c2nc(-c3cccc(C)c3)no2)=C1C. The second-order valence-corrected chi connectivity index (χ2v) is 7.93. The molecule has 8 heteroatoms. The summed E-state index contributed by atoms with van der Waals surface area (Å²) in [5.41, 5.74) is 3.84. The fraction of sp³-hybridized carbons (Fsp3) is 0.320. The molecular weight excluding hydrogens is 423 g/mol. The van der Waals surface area contributed by atoms with E-state index in [9.17, 15) is 9.18 Å². The lowest BCUT2D eigenvalue weighted by Crippen LogP contribution is -2.46. The summed E-state index contributed by atoms with van der Waals surface area (Å²) in [4.78, 5) is 19.2. The Bertz CT molecular complexity index is 1170. The molecule has 1 atom stereocenters. The minimum absolute atomic E-state index is 0.263. The van der Waals surface area contributed by atoms with Gasteiger partial charge in [-0.15, -0.1) is 0 Å². The number of allylic oxidation sites excluding steroid dienone is 1. The highest BCUT2D eigenvalue weighted by molar-refractivity contribution is 5.86. The number of hydrogen-bond acceptors (Lipinski definition) is 5. The largest absolute Gasteiger partial charge is 0.382 e. The van der Waals surface area contributed by atoms with Crippen molar-refractivity contribution in [3.8, 4) is 11.4 Å². The zero-order valence-electron chi connectivity index (χ0n) is 19.0. The van der Waals surface area contributed by atoms with Gasteiger partial charge in [-0.2, -0.15) is 4.98 Å². The maximum atomic E-state index is 14.0. The van der Waals surface area contributed by atoms with E-state index >= 15 is 0 Å². The number of nitrogens with zero attached hydrogens (tertiary/aromatic N) is 3. The predicted molar refractivity (Wildman–Crippen MR) is 123 cm³/mol. The van der Waals surface area contributed by atoms with Crippen molar-refractivity contribution in [1.82, 2.24) is 20.4 Å². The minimum atomic E-state index is -0.623. The van der Waals surface area contributed by atoms with Crippen molar-refractivity contribution in [3.63, 3.8) is 0 Å². The van der Waals surface area contributed by atoms with Gasteiger partial charge in [0.2, 0.25) is 5.82 Å². The van der Waals surface area contributed by atoms with Crippen LogP contribution < -0.4 is 5.32 Å². The normalized spacial score (nSPS) is 16.3. The number of hydrogen-bond donors (Lipinski definition) is 1. The lowest BCUT2D eigenvalue weighted by Gasteiger charge is -2.35. The average Bonchev–Trinajstić information content (AvgIpc) is 3.28. The summed E-state index contributed by atoms with van der Waals surface area (Å²) in [6.07, 6.45) is 0.675. The van der Waals surface area contributed by atoms with Crippen LogP contribution in [0.3, 0.4) is 0 Å². The summed E-state index contributed by atoms with van der Waals surface area (Å²) in [6, 6.07) is 13.1. The molecule has 172 valence electrons. The Hall–Kier alpha value is -3.52. The molecule has 0 spiro atoms. The van der Waals surface area contributed by atoms with Gasteiger partial charge in [0.05, 0.1) is 11.6 Å². The van der Waals surface area contributed by atoms with E-state index in [1.807, 2.05) is 45.0 Å². The number of benzene rings is 2. The van der Waals surface area contributed by atoms with Gasteiger partial charge in [-0.25, -0.2) is 9.18 Å². The lowest BCUT2D eigenvalue weighted by molar-refractivity contribution is 0.136. The minimum Gasteiger partial charge on any atom is -0.382 e. The van der Waals surface area contributed by atoms with Crippen LogP contribution in [0.5, 0.6) is 0 Å². The molecule has 1 aliphatic heterocycles. The summed E-state index contributed by atoms with van der Waals surface area (Å²) in [6.45, 7) is 7.41. The molecule has 0 bridgehead atoms. The van der Waals surface area contributed by atoms with Crippen LogP contribution >= 0.6 is 0 Å². The molecule has 1 unspecified atom stereocenters. The molecular formula is C25H27FN4O3. The first-order valence-corrected chi connectivity index (χ1v) is 11.0. The molecule has 3 aromatic rings. The van der Waals surface area contributed by atoms with Gasteiger partial charge >= 0.3 is 6.03 Å². The van der Waals surface area contributed by atoms with Crippen molar-refractivity contribution in [2.24, 2.45) is 0 Å². The van der Waals surface area contributed by atoms with Crippen LogP contribution in [0.4, 0.5) is 9.18 Å². The van der Waals surface area contributed by atoms with Crippen LogP contribution in [0.25, 0.3) is 17.0 Å². The van der Waals surface area contributed by atoms with E-state index in [0.29, 0.717) is 48.8 Å². The van der Waals surface area contributed by atoms with Crippen molar-refractivity contribution >= 4 is 11.6 Å². The van der Waals surface area contributed by atoms with E-state index in [-0.39, 0.29) is 17.7 Å². The zero-order valence-corrected chi connectivity index (χ0v) is 19.0. The van der Waals surface area contributed by atoms with E-state index < -0.39 is 6.04 Å². The van der Waals surface area contributed by atoms with E-state index in [0.717, 1.165) is 11.1 Å². The first kappa shape index (κ1) is 22.7. The van der Waals surface area contributed by atoms with Crippen LogP contribution in [-0.4, -0.2) is 40.8 Å². The fourth-order valence-corrected chi connectivity index (χ4v) is 3.97. The Morgan fingerprint density at radius 2 is 2.00 bits per heavy atom. The highest BCUT2D eigenvalue weighted by Crippen LogP contribution is 2.37. The Kier molecular flexibility index (Phi) is 6.84. The van der Waals surface area contributed by atoms with Gasteiger partial charge in [-0.1, -0.05) is 41.1 Å². The van der Waals surface area contributed by atoms with Crippen LogP contribution in [0.15, 0.2) is 58.8 Å². The van der Waals surface area contributed by atoms with Crippen molar-refractivity contribution < 1.29 is 18.4 Å². The van der Waals surface area contributed by atoms with Gasteiger partial charge in [0.25, 0.3) is 5.89 Å². The van der Waals surface area contributed by atoms with Gasteiger partial charge in [0.1, 0.15) is 5.82 Å². The molecule has 2 heterocycles. The molecule has 7 nitrogen and oxygen atoms in total. The van der Waals surface area contributed by atoms with E-state index in [4.69, 9.17) is 9.26 Å². The number of aromatic nitrogens is 2. The molecule has 0 aliphatic carbocycles. The average molecular weight is 451 g/mol. The van der Waals surface area contributed by atoms with Gasteiger partial charge in [-0.3, -0.25) is 4.90 Å². The summed E-state index contributed by atoms with van der Waals surface area (Å²) in [5.74, 6) is 0.351.